The molecule has 1 saturated heterocycles. The number of benzene rings is 3. The molecule has 0 spiro atoms. The van der Waals surface area contributed by atoms with Crippen LogP contribution in [0.25, 0.3) is 6.08 Å². The van der Waals surface area contributed by atoms with E-state index in [2.05, 4.69) is 31.9 Å². The maximum Gasteiger partial charge on any atom is 0.329 e. The first-order chi connectivity index (χ1) is 19.8. The minimum Gasteiger partial charge on any atom is -0.490 e. The van der Waals surface area contributed by atoms with Crippen molar-refractivity contribution >= 4 is 57.1 Å². The van der Waals surface area contributed by atoms with Gasteiger partial charge in [-0.05, 0) is 76.8 Å². The predicted molar refractivity (Wildman–Crippen MR) is 159 cm³/mol. The first kappa shape index (κ1) is 29.3. The molecular formula is C30H29BrN4O6. The van der Waals surface area contributed by atoms with E-state index in [-0.39, 0.29) is 18.2 Å². The van der Waals surface area contributed by atoms with Crippen LogP contribution in [0.1, 0.15) is 25.0 Å². The van der Waals surface area contributed by atoms with Gasteiger partial charge in [0.1, 0.15) is 12.2 Å². The normalized spacial score (nSPS) is 13.6. The molecule has 0 unspecified atom stereocenters. The van der Waals surface area contributed by atoms with Crippen molar-refractivity contribution in [2.24, 2.45) is 0 Å². The molecule has 1 heterocycles. The van der Waals surface area contributed by atoms with E-state index in [4.69, 9.17) is 9.47 Å². The van der Waals surface area contributed by atoms with Gasteiger partial charge in [-0.25, -0.2) is 9.69 Å². The number of hydrogen-bond acceptors (Lipinski definition) is 6. The van der Waals surface area contributed by atoms with Crippen molar-refractivity contribution in [3.8, 4) is 11.5 Å². The number of aryl methyl sites for hydroxylation is 1. The Bertz CT molecular complexity index is 1490. The van der Waals surface area contributed by atoms with E-state index < -0.39 is 24.4 Å². The molecule has 10 nitrogen and oxygen atoms in total. The van der Waals surface area contributed by atoms with E-state index in [0.717, 1.165) is 16.9 Å². The zero-order valence-corrected chi connectivity index (χ0v) is 24.1. The minimum absolute atomic E-state index is 0.00186. The Morgan fingerprint density at radius 2 is 1.68 bits per heavy atom. The molecule has 0 saturated carbocycles. The largest absolute Gasteiger partial charge is 0.490 e. The summed E-state index contributed by atoms with van der Waals surface area (Å²) in [5.74, 6) is -0.831. The number of para-hydroxylation sites is 2. The lowest BCUT2D eigenvalue weighted by Gasteiger charge is -2.15. The number of anilines is 2. The molecule has 1 fully saturated rings. The summed E-state index contributed by atoms with van der Waals surface area (Å²) in [6.45, 7) is 3.39. The monoisotopic (exact) mass is 620 g/mol. The molecule has 3 aromatic rings. The fourth-order valence-corrected chi connectivity index (χ4v) is 4.67. The van der Waals surface area contributed by atoms with Gasteiger partial charge in [-0.1, -0.05) is 43.3 Å². The molecule has 4 rings (SSSR count). The van der Waals surface area contributed by atoms with Gasteiger partial charge in [0.15, 0.2) is 18.1 Å². The highest BCUT2D eigenvalue weighted by atomic mass is 79.9. The summed E-state index contributed by atoms with van der Waals surface area (Å²) in [5.41, 5.74) is 2.75. The number of ether oxygens (including phenoxy) is 2. The van der Waals surface area contributed by atoms with Gasteiger partial charge in [0.25, 0.3) is 11.8 Å². The van der Waals surface area contributed by atoms with Gasteiger partial charge < -0.3 is 25.4 Å². The van der Waals surface area contributed by atoms with Gasteiger partial charge >= 0.3 is 6.03 Å². The Morgan fingerprint density at radius 3 is 2.41 bits per heavy atom. The molecule has 11 heteroatoms. The third-order valence-electron chi connectivity index (χ3n) is 5.98. The van der Waals surface area contributed by atoms with Crippen LogP contribution >= 0.6 is 15.9 Å². The van der Waals surface area contributed by atoms with Crippen LogP contribution in [0, 0.1) is 0 Å². The number of halogens is 1. The van der Waals surface area contributed by atoms with Crippen LogP contribution in [0.5, 0.6) is 11.5 Å². The highest BCUT2D eigenvalue weighted by Crippen LogP contribution is 2.37. The molecule has 0 atom stereocenters. The molecule has 0 aliphatic carbocycles. The highest BCUT2D eigenvalue weighted by molar-refractivity contribution is 9.10. The van der Waals surface area contributed by atoms with Crippen LogP contribution < -0.4 is 25.4 Å². The second-order valence-corrected chi connectivity index (χ2v) is 9.76. The molecule has 1 aliphatic heterocycles. The van der Waals surface area contributed by atoms with Crippen molar-refractivity contribution < 1.29 is 28.7 Å². The number of rotatable bonds is 11. The van der Waals surface area contributed by atoms with E-state index in [0.29, 0.717) is 39.5 Å². The smallest absolute Gasteiger partial charge is 0.329 e. The lowest BCUT2D eigenvalue weighted by molar-refractivity contribution is -0.127. The van der Waals surface area contributed by atoms with Crippen molar-refractivity contribution in [2.75, 3.05) is 30.4 Å². The Labute approximate surface area is 245 Å². The second kappa shape index (κ2) is 13.6. The van der Waals surface area contributed by atoms with E-state index in [1.165, 1.54) is 6.08 Å². The number of carbonyl (C=O) groups excluding carboxylic acids is 4. The van der Waals surface area contributed by atoms with Crippen LogP contribution in [0.3, 0.4) is 0 Å². The van der Waals surface area contributed by atoms with Gasteiger partial charge in [0.05, 0.1) is 11.1 Å². The SMILES string of the molecule is CCOc1cc(/C=C2/NC(=O)N(CC(=O)Nc3ccccc3CC)C2=O)cc(Br)c1OCC(=O)Nc1ccccc1. The number of nitrogens with one attached hydrogen (secondary N) is 3. The summed E-state index contributed by atoms with van der Waals surface area (Å²) >= 11 is 3.45. The van der Waals surface area contributed by atoms with E-state index in [1.54, 1.807) is 43.3 Å². The summed E-state index contributed by atoms with van der Waals surface area (Å²) in [4.78, 5) is 51.4. The minimum atomic E-state index is -0.700. The summed E-state index contributed by atoms with van der Waals surface area (Å²) in [5, 5.41) is 8.03. The zero-order chi connectivity index (χ0) is 29.4. The molecule has 5 amide bonds. The molecule has 0 aromatic heterocycles. The maximum absolute atomic E-state index is 13.0. The first-order valence-electron chi connectivity index (χ1n) is 12.9. The third-order valence-corrected chi connectivity index (χ3v) is 6.57. The molecule has 212 valence electrons. The van der Waals surface area contributed by atoms with E-state index in [9.17, 15) is 19.2 Å². The Morgan fingerprint density at radius 1 is 0.951 bits per heavy atom. The van der Waals surface area contributed by atoms with Crippen LogP contribution in [-0.2, 0) is 20.8 Å². The lowest BCUT2D eigenvalue weighted by Crippen LogP contribution is -2.38. The van der Waals surface area contributed by atoms with Crippen molar-refractivity contribution in [2.45, 2.75) is 20.3 Å². The fourth-order valence-electron chi connectivity index (χ4n) is 4.10. The van der Waals surface area contributed by atoms with Gasteiger partial charge in [0, 0.05) is 11.4 Å². The van der Waals surface area contributed by atoms with Crippen molar-refractivity contribution in [1.82, 2.24) is 10.2 Å². The van der Waals surface area contributed by atoms with E-state index >= 15 is 0 Å². The number of carbonyl (C=O) groups is 4. The average molecular weight is 621 g/mol. The number of hydrogen-bond donors (Lipinski definition) is 3. The molecule has 41 heavy (non-hydrogen) atoms. The van der Waals surface area contributed by atoms with Crippen LogP contribution in [0.4, 0.5) is 16.2 Å². The summed E-state index contributed by atoms with van der Waals surface area (Å²) < 4.78 is 11.9. The number of imide groups is 1. The standard InChI is InChI=1S/C30H29BrN4O6/c1-3-20-10-8-9-13-23(20)33-26(36)17-35-29(38)24(34-30(35)39)15-19-14-22(31)28(25(16-19)40-4-2)41-18-27(37)32-21-11-6-5-7-12-21/h5-16H,3-4,17-18H2,1-2H3,(H,32,37)(H,33,36)(H,34,39)/b24-15+. The number of amides is 5. The lowest BCUT2D eigenvalue weighted by atomic mass is 10.1. The molecule has 3 aromatic carbocycles. The van der Waals surface area contributed by atoms with E-state index in [1.807, 2.05) is 37.3 Å². The zero-order valence-electron chi connectivity index (χ0n) is 22.5. The maximum atomic E-state index is 13.0. The molecule has 3 N–H and O–H groups in total. The molecule has 0 bridgehead atoms. The van der Waals surface area contributed by atoms with Gasteiger partial charge in [-0.3, -0.25) is 14.4 Å². The predicted octanol–water partition coefficient (Wildman–Crippen LogP) is 4.96. The highest BCUT2D eigenvalue weighted by Gasteiger charge is 2.35. The average Bonchev–Trinajstić information content (AvgIpc) is 3.20. The van der Waals surface area contributed by atoms with Crippen LogP contribution in [-0.4, -0.2) is 48.4 Å². The quantitative estimate of drug-likeness (QED) is 0.205. The summed E-state index contributed by atoms with van der Waals surface area (Å²) in [6, 6.07) is 18.9. The Hall–Kier alpha value is -4.64. The number of urea groups is 1. The fraction of sp³-hybridized carbons (Fsp3) is 0.200. The Kier molecular flexibility index (Phi) is 9.75. The van der Waals surface area contributed by atoms with Crippen LogP contribution in [0.2, 0.25) is 0 Å². The van der Waals surface area contributed by atoms with Crippen molar-refractivity contribution in [1.29, 1.82) is 0 Å². The van der Waals surface area contributed by atoms with Gasteiger partial charge in [-0.2, -0.15) is 0 Å². The molecule has 1 aliphatic rings. The van der Waals surface area contributed by atoms with Gasteiger partial charge in [-0.15, -0.1) is 0 Å². The molecule has 0 radical (unpaired) electrons. The van der Waals surface area contributed by atoms with Crippen LogP contribution in [0.15, 0.2) is 76.9 Å². The van der Waals surface area contributed by atoms with Gasteiger partial charge in [0.2, 0.25) is 5.91 Å². The van der Waals surface area contributed by atoms with Crippen molar-refractivity contribution in [3.63, 3.8) is 0 Å². The summed E-state index contributed by atoms with van der Waals surface area (Å²) in [7, 11) is 0. The third kappa shape index (κ3) is 7.52. The second-order valence-electron chi connectivity index (χ2n) is 8.90. The Balaban J connectivity index is 1.45. The number of nitrogens with zero attached hydrogens (tertiary/aromatic N) is 1. The molecular weight excluding hydrogens is 592 g/mol. The first-order valence-corrected chi connectivity index (χ1v) is 13.7. The topological polar surface area (TPSA) is 126 Å². The summed E-state index contributed by atoms with van der Waals surface area (Å²) in [6.07, 6.45) is 2.19. The van der Waals surface area contributed by atoms with Crippen molar-refractivity contribution in [3.05, 3.63) is 88.0 Å².